The number of hydrogen-bond donors (Lipinski definition) is 1. The summed E-state index contributed by atoms with van der Waals surface area (Å²) in [4.78, 5) is 26.1. The molecule has 3 rings (SSSR count). The quantitative estimate of drug-likeness (QED) is 0.656. The fourth-order valence-electron chi connectivity index (χ4n) is 3.08. The summed E-state index contributed by atoms with van der Waals surface area (Å²) in [7, 11) is 0. The number of rotatable bonds is 4. The lowest BCUT2D eigenvalue weighted by molar-refractivity contribution is 0.0275. The Labute approximate surface area is 187 Å². The van der Waals surface area contributed by atoms with Crippen molar-refractivity contribution in [2.45, 2.75) is 45.8 Å². The Balaban J connectivity index is 1.63. The van der Waals surface area contributed by atoms with Gasteiger partial charge in [-0.15, -0.1) is 0 Å². The molecule has 1 heterocycles. The number of ether oxygens (including phenoxy) is 3. The fraction of sp³-hybridized carbons (Fsp3) is 0.391. The number of carbonyl (C=O) groups excluding carboxylic acids is 2. The molecule has 7 nitrogen and oxygen atoms in total. The molecule has 0 saturated carbocycles. The normalized spacial score (nSPS) is 16.0. The molecule has 2 aromatic rings. The van der Waals surface area contributed by atoms with Gasteiger partial charge in [-0.25, -0.2) is 9.59 Å². The molecule has 1 aliphatic rings. The van der Waals surface area contributed by atoms with Crippen LogP contribution in [0.1, 0.15) is 32.8 Å². The molecular formula is C23H27ClN2O5. The van der Waals surface area contributed by atoms with E-state index in [1.165, 1.54) is 0 Å². The number of halogens is 1. The van der Waals surface area contributed by atoms with E-state index in [2.05, 4.69) is 5.32 Å². The highest BCUT2D eigenvalue weighted by molar-refractivity contribution is 6.31. The predicted molar refractivity (Wildman–Crippen MR) is 119 cm³/mol. The van der Waals surface area contributed by atoms with Crippen LogP contribution < -0.4 is 14.8 Å². The zero-order valence-electron chi connectivity index (χ0n) is 18.1. The summed E-state index contributed by atoms with van der Waals surface area (Å²) in [5.74, 6) is 0.974. The Bertz CT molecular complexity index is 943. The Kier molecular flexibility index (Phi) is 6.95. The summed E-state index contributed by atoms with van der Waals surface area (Å²) in [6, 6.07) is 12.1. The van der Waals surface area contributed by atoms with E-state index < -0.39 is 11.7 Å². The second-order valence-corrected chi connectivity index (χ2v) is 8.77. The second-order valence-electron chi connectivity index (χ2n) is 8.36. The monoisotopic (exact) mass is 446 g/mol. The van der Waals surface area contributed by atoms with E-state index in [-0.39, 0.29) is 12.2 Å². The fourth-order valence-corrected chi connectivity index (χ4v) is 3.29. The summed E-state index contributed by atoms with van der Waals surface area (Å²) >= 11 is 6.34. The van der Waals surface area contributed by atoms with Crippen molar-refractivity contribution in [1.29, 1.82) is 0 Å². The third-order valence-corrected chi connectivity index (χ3v) is 4.98. The van der Waals surface area contributed by atoms with Crippen LogP contribution in [0.2, 0.25) is 5.02 Å². The molecule has 166 valence electrons. The summed E-state index contributed by atoms with van der Waals surface area (Å²) in [5, 5.41) is 3.12. The lowest BCUT2D eigenvalue weighted by Crippen LogP contribution is -2.36. The minimum atomic E-state index is -0.631. The minimum absolute atomic E-state index is 0.200. The molecule has 0 aliphatic carbocycles. The molecule has 2 amide bonds. The van der Waals surface area contributed by atoms with Crippen molar-refractivity contribution in [2.24, 2.45) is 0 Å². The van der Waals surface area contributed by atoms with Gasteiger partial charge in [0.05, 0.1) is 6.54 Å². The number of carbonyl (C=O) groups is 2. The van der Waals surface area contributed by atoms with Crippen molar-refractivity contribution in [3.63, 3.8) is 0 Å². The number of benzene rings is 2. The number of hydrogen-bond acceptors (Lipinski definition) is 5. The Morgan fingerprint density at radius 1 is 1.16 bits per heavy atom. The summed E-state index contributed by atoms with van der Waals surface area (Å²) in [6.07, 6.45) is -0.514. The van der Waals surface area contributed by atoms with Crippen molar-refractivity contribution in [3.8, 4) is 11.5 Å². The Hall–Kier alpha value is -2.93. The molecule has 1 aliphatic heterocycles. The minimum Gasteiger partial charge on any atom is -0.488 e. The zero-order valence-corrected chi connectivity index (χ0v) is 18.9. The van der Waals surface area contributed by atoms with Crippen molar-refractivity contribution in [2.75, 3.05) is 18.4 Å². The highest BCUT2D eigenvalue weighted by Crippen LogP contribution is 2.32. The van der Waals surface area contributed by atoms with Gasteiger partial charge in [-0.3, -0.25) is 5.32 Å². The molecule has 0 aromatic heterocycles. The van der Waals surface area contributed by atoms with Gasteiger partial charge in [-0.2, -0.15) is 0 Å². The molecule has 31 heavy (non-hydrogen) atoms. The number of para-hydroxylation sites is 1. The van der Waals surface area contributed by atoms with Gasteiger partial charge in [0, 0.05) is 35.3 Å². The number of nitrogens with one attached hydrogen (secondary N) is 1. The average Bonchev–Trinajstić information content (AvgIpc) is 3.14. The number of amides is 2. The third kappa shape index (κ3) is 6.52. The first-order chi connectivity index (χ1) is 14.6. The Morgan fingerprint density at radius 2 is 1.87 bits per heavy atom. The van der Waals surface area contributed by atoms with Crippen LogP contribution in [0.25, 0.3) is 0 Å². The maximum atomic E-state index is 12.3. The first kappa shape index (κ1) is 22.7. The van der Waals surface area contributed by atoms with Crippen LogP contribution in [0.5, 0.6) is 11.5 Å². The van der Waals surface area contributed by atoms with E-state index in [4.69, 9.17) is 25.8 Å². The molecule has 0 radical (unpaired) electrons. The molecule has 1 unspecified atom stereocenters. The van der Waals surface area contributed by atoms with Gasteiger partial charge in [0.15, 0.2) is 0 Å². The summed E-state index contributed by atoms with van der Waals surface area (Å²) < 4.78 is 16.8. The molecule has 1 atom stereocenters. The largest absolute Gasteiger partial charge is 0.488 e. The van der Waals surface area contributed by atoms with Gasteiger partial charge < -0.3 is 19.1 Å². The number of likely N-dealkylation sites (tertiary alicyclic amines) is 1. The van der Waals surface area contributed by atoms with E-state index in [1.807, 2.05) is 33.8 Å². The lowest BCUT2D eigenvalue weighted by Gasteiger charge is -2.24. The predicted octanol–water partition coefficient (Wildman–Crippen LogP) is 5.65. The first-order valence-corrected chi connectivity index (χ1v) is 10.5. The van der Waals surface area contributed by atoms with Crippen LogP contribution in [-0.4, -0.2) is 41.9 Å². The van der Waals surface area contributed by atoms with Crippen molar-refractivity contribution in [1.82, 2.24) is 4.90 Å². The van der Waals surface area contributed by atoms with E-state index in [9.17, 15) is 9.59 Å². The van der Waals surface area contributed by atoms with Gasteiger partial charge in [-0.05, 0) is 45.9 Å². The van der Waals surface area contributed by atoms with Gasteiger partial charge in [0.25, 0.3) is 0 Å². The number of nitrogens with zero attached hydrogens (tertiary/aromatic N) is 1. The van der Waals surface area contributed by atoms with Crippen LogP contribution in [0.4, 0.5) is 15.3 Å². The SMILES string of the molecule is Cc1c(Cl)cc(NC(=O)Oc2ccccc2)cc1OC1CCN(C(=O)OC(C)(C)C)C1. The molecule has 8 heteroatoms. The third-order valence-electron chi connectivity index (χ3n) is 4.59. The van der Waals surface area contributed by atoms with E-state index in [0.29, 0.717) is 41.7 Å². The zero-order chi connectivity index (χ0) is 22.6. The van der Waals surface area contributed by atoms with Gasteiger partial charge >= 0.3 is 12.2 Å². The smallest absolute Gasteiger partial charge is 0.417 e. The van der Waals surface area contributed by atoms with Gasteiger partial charge in [-0.1, -0.05) is 29.8 Å². The van der Waals surface area contributed by atoms with Crippen LogP contribution in [0.3, 0.4) is 0 Å². The molecule has 1 saturated heterocycles. The van der Waals surface area contributed by atoms with Crippen LogP contribution >= 0.6 is 11.6 Å². The molecule has 1 fully saturated rings. The first-order valence-electron chi connectivity index (χ1n) is 10.1. The molecule has 1 N–H and O–H groups in total. The second kappa shape index (κ2) is 9.47. The highest BCUT2D eigenvalue weighted by Gasteiger charge is 2.31. The molecule has 0 spiro atoms. The lowest BCUT2D eigenvalue weighted by atomic mass is 10.2. The molecular weight excluding hydrogens is 420 g/mol. The summed E-state index contributed by atoms with van der Waals surface area (Å²) in [5.41, 5.74) is 0.655. The molecule has 0 bridgehead atoms. The van der Waals surface area contributed by atoms with E-state index in [1.54, 1.807) is 41.3 Å². The maximum Gasteiger partial charge on any atom is 0.417 e. The van der Waals surface area contributed by atoms with Gasteiger partial charge in [0.2, 0.25) is 0 Å². The standard InChI is InChI=1S/C23H27ClN2O5/c1-15-19(24)12-16(25-21(27)30-17-8-6-5-7-9-17)13-20(15)29-18-10-11-26(14-18)22(28)31-23(2,3)4/h5-9,12-13,18H,10-11,14H2,1-4H3,(H,25,27). The number of anilines is 1. The van der Waals surface area contributed by atoms with Crippen LogP contribution in [0.15, 0.2) is 42.5 Å². The maximum absolute atomic E-state index is 12.3. The van der Waals surface area contributed by atoms with Crippen LogP contribution in [-0.2, 0) is 4.74 Å². The van der Waals surface area contributed by atoms with Gasteiger partial charge in [0.1, 0.15) is 23.2 Å². The van der Waals surface area contributed by atoms with Crippen molar-refractivity contribution in [3.05, 3.63) is 53.1 Å². The van der Waals surface area contributed by atoms with E-state index in [0.717, 1.165) is 5.56 Å². The van der Waals surface area contributed by atoms with Crippen molar-refractivity contribution >= 4 is 29.5 Å². The highest BCUT2D eigenvalue weighted by atomic mass is 35.5. The van der Waals surface area contributed by atoms with Crippen molar-refractivity contribution < 1.29 is 23.8 Å². The van der Waals surface area contributed by atoms with Crippen LogP contribution in [0, 0.1) is 6.92 Å². The van der Waals surface area contributed by atoms with E-state index >= 15 is 0 Å². The molecule has 2 aromatic carbocycles. The summed E-state index contributed by atoms with van der Waals surface area (Å²) in [6.45, 7) is 8.31. The topological polar surface area (TPSA) is 77.1 Å². The Morgan fingerprint density at radius 3 is 2.55 bits per heavy atom. The average molecular weight is 447 g/mol.